The van der Waals surface area contributed by atoms with E-state index in [-0.39, 0.29) is 5.56 Å². The molecule has 0 fully saturated rings. The molecule has 0 aliphatic carbocycles. The van der Waals surface area contributed by atoms with Crippen molar-refractivity contribution in [1.29, 1.82) is 0 Å². The molecule has 1 aromatic heterocycles. The van der Waals surface area contributed by atoms with Gasteiger partial charge in [-0.05, 0) is 37.3 Å². The van der Waals surface area contributed by atoms with Crippen molar-refractivity contribution in [2.24, 2.45) is 0 Å². The van der Waals surface area contributed by atoms with Gasteiger partial charge in [-0.15, -0.1) is 0 Å². The Morgan fingerprint density at radius 1 is 0.941 bits per heavy atom. The second kappa shape index (κ2) is 10.8. The summed E-state index contributed by atoms with van der Waals surface area (Å²) in [6, 6.07) is 14.6. The first-order chi connectivity index (χ1) is 16.3. The maximum atomic E-state index is 12.4. The predicted octanol–water partition coefficient (Wildman–Crippen LogP) is 1.18. The summed E-state index contributed by atoms with van der Waals surface area (Å²) in [6.45, 7) is 0.927. The van der Waals surface area contributed by atoms with Gasteiger partial charge in [-0.25, -0.2) is 9.48 Å². The fourth-order valence-electron chi connectivity index (χ4n) is 2.93. The lowest BCUT2D eigenvalue weighted by molar-refractivity contribution is -0.125. The zero-order chi connectivity index (χ0) is 24.7. The Kier molecular flexibility index (Phi) is 7.60. The highest BCUT2D eigenvalue weighted by Gasteiger charge is 2.18. The third-order valence-electron chi connectivity index (χ3n) is 4.60. The maximum Gasteiger partial charge on any atom is 0.363 e. The minimum atomic E-state index is -1.07. The van der Waals surface area contributed by atoms with Crippen molar-refractivity contribution in [2.45, 2.75) is 6.92 Å². The van der Waals surface area contributed by atoms with E-state index in [2.05, 4.69) is 16.0 Å². The van der Waals surface area contributed by atoms with Crippen LogP contribution in [0.4, 0.5) is 0 Å². The lowest BCUT2D eigenvalue weighted by Crippen LogP contribution is -2.43. The van der Waals surface area contributed by atoms with Gasteiger partial charge in [-0.1, -0.05) is 18.2 Å². The summed E-state index contributed by atoms with van der Waals surface area (Å²) in [5, 5.41) is 4.07. The maximum absolute atomic E-state index is 12.4. The molecule has 0 bridgehead atoms. The van der Waals surface area contributed by atoms with E-state index in [9.17, 15) is 19.2 Å². The van der Waals surface area contributed by atoms with E-state index in [0.29, 0.717) is 22.9 Å². The van der Waals surface area contributed by atoms with E-state index < -0.39 is 35.5 Å². The zero-order valence-corrected chi connectivity index (χ0v) is 18.7. The fourth-order valence-corrected chi connectivity index (χ4v) is 2.93. The van der Waals surface area contributed by atoms with E-state index >= 15 is 0 Å². The molecule has 11 nitrogen and oxygen atoms in total. The van der Waals surface area contributed by atoms with Crippen LogP contribution in [-0.4, -0.2) is 48.4 Å². The van der Waals surface area contributed by atoms with Crippen LogP contribution < -0.4 is 25.8 Å². The molecule has 0 aliphatic heterocycles. The number of rotatable bonds is 7. The quantitative estimate of drug-likeness (QED) is 0.391. The van der Waals surface area contributed by atoms with Crippen LogP contribution in [0.3, 0.4) is 0 Å². The lowest BCUT2D eigenvalue weighted by Gasteiger charge is -2.12. The highest BCUT2D eigenvalue weighted by molar-refractivity contribution is 5.96. The number of carbonyl (C=O) groups excluding carboxylic acids is 3. The molecule has 1 heterocycles. The molecule has 2 N–H and O–H groups in total. The van der Waals surface area contributed by atoms with Gasteiger partial charge in [-0.2, -0.15) is 5.10 Å². The molecule has 2 amide bonds. The van der Waals surface area contributed by atoms with E-state index in [4.69, 9.17) is 14.2 Å². The van der Waals surface area contributed by atoms with Gasteiger partial charge < -0.3 is 14.2 Å². The smallest absolute Gasteiger partial charge is 0.363 e. The molecule has 0 unspecified atom stereocenters. The van der Waals surface area contributed by atoms with Crippen molar-refractivity contribution in [3.05, 3.63) is 81.8 Å². The first kappa shape index (κ1) is 24.0. The average Bonchev–Trinajstić information content (AvgIpc) is 2.85. The highest BCUT2D eigenvalue weighted by Crippen LogP contribution is 2.27. The van der Waals surface area contributed by atoms with E-state index in [1.165, 1.54) is 43.2 Å². The number of esters is 1. The number of amides is 2. The number of hydrogen-bond acceptors (Lipinski definition) is 8. The minimum Gasteiger partial charge on any atom is -0.493 e. The standard InChI is InChI=1S/C23H22N4O7/c1-14-11-17(28)21(26-27(14)16-7-5-4-6-8-16)23(31)34-13-20(29)24-25-22(30)15-9-10-18(32-2)19(12-15)33-3/h4-12H,13H2,1-3H3,(H,24,29)(H,25,30). The molecule has 3 aromatic rings. The van der Waals surface area contributed by atoms with Crippen molar-refractivity contribution in [2.75, 3.05) is 20.8 Å². The predicted molar refractivity (Wildman–Crippen MR) is 120 cm³/mol. The van der Waals surface area contributed by atoms with Crippen LogP contribution in [-0.2, 0) is 9.53 Å². The van der Waals surface area contributed by atoms with Gasteiger partial charge in [0.2, 0.25) is 11.1 Å². The topological polar surface area (TPSA) is 138 Å². The van der Waals surface area contributed by atoms with E-state index in [1.54, 1.807) is 31.2 Å². The van der Waals surface area contributed by atoms with E-state index in [0.717, 1.165) is 0 Å². The molecule has 0 spiro atoms. The Morgan fingerprint density at radius 2 is 1.65 bits per heavy atom. The number of aryl methyl sites for hydroxylation is 1. The molecule has 0 radical (unpaired) electrons. The van der Waals surface area contributed by atoms with Gasteiger partial charge >= 0.3 is 5.97 Å². The molecule has 3 rings (SSSR count). The Morgan fingerprint density at radius 3 is 2.32 bits per heavy atom. The van der Waals surface area contributed by atoms with Gasteiger partial charge in [0.05, 0.1) is 19.9 Å². The van der Waals surface area contributed by atoms with Crippen molar-refractivity contribution in [3.8, 4) is 17.2 Å². The summed E-state index contributed by atoms with van der Waals surface area (Å²) in [5.74, 6) is -1.76. The largest absolute Gasteiger partial charge is 0.493 e. The van der Waals surface area contributed by atoms with Crippen molar-refractivity contribution < 1.29 is 28.6 Å². The Bertz CT molecular complexity index is 1270. The number of hydrazine groups is 1. The molecule has 0 saturated carbocycles. The van der Waals surface area contributed by atoms with Gasteiger partial charge in [0.15, 0.2) is 18.1 Å². The second-order valence-electron chi connectivity index (χ2n) is 6.89. The zero-order valence-electron chi connectivity index (χ0n) is 18.7. The first-order valence-electron chi connectivity index (χ1n) is 9.98. The number of methoxy groups -OCH3 is 2. The molecular formula is C23H22N4O7. The summed E-state index contributed by atoms with van der Waals surface area (Å²) in [6.07, 6.45) is 0. The second-order valence-corrected chi connectivity index (χ2v) is 6.89. The number of para-hydroxylation sites is 1. The fraction of sp³-hybridized carbons (Fsp3) is 0.174. The van der Waals surface area contributed by atoms with Gasteiger partial charge in [-0.3, -0.25) is 25.2 Å². The molecule has 2 aromatic carbocycles. The third kappa shape index (κ3) is 5.57. The number of nitrogens with zero attached hydrogens (tertiary/aromatic N) is 2. The normalized spacial score (nSPS) is 10.2. The van der Waals surface area contributed by atoms with Gasteiger partial charge in [0.1, 0.15) is 0 Å². The number of carbonyl (C=O) groups is 3. The van der Waals surface area contributed by atoms with Crippen LogP contribution in [0.1, 0.15) is 26.5 Å². The van der Waals surface area contributed by atoms with Crippen molar-refractivity contribution in [3.63, 3.8) is 0 Å². The van der Waals surface area contributed by atoms with E-state index in [1.807, 2.05) is 6.07 Å². The average molecular weight is 466 g/mol. The molecule has 0 atom stereocenters. The Hall–Kier alpha value is -4.67. The van der Waals surface area contributed by atoms with Crippen LogP contribution >= 0.6 is 0 Å². The Balaban J connectivity index is 1.60. The summed E-state index contributed by atoms with van der Waals surface area (Å²) >= 11 is 0. The molecule has 34 heavy (non-hydrogen) atoms. The van der Waals surface area contributed by atoms with Crippen LogP contribution in [0.15, 0.2) is 59.4 Å². The summed E-state index contributed by atoms with van der Waals surface area (Å²) in [5.41, 5.74) is 4.55. The number of aromatic nitrogens is 2. The van der Waals surface area contributed by atoms with Crippen LogP contribution in [0, 0.1) is 6.92 Å². The summed E-state index contributed by atoms with van der Waals surface area (Å²) in [7, 11) is 2.88. The van der Waals surface area contributed by atoms with Gasteiger partial charge in [0.25, 0.3) is 11.8 Å². The Labute approximate surface area is 194 Å². The van der Waals surface area contributed by atoms with Crippen LogP contribution in [0.25, 0.3) is 5.69 Å². The number of hydrogen-bond donors (Lipinski definition) is 2. The number of nitrogens with one attached hydrogen (secondary N) is 2. The molecule has 11 heteroatoms. The van der Waals surface area contributed by atoms with Crippen molar-refractivity contribution >= 4 is 17.8 Å². The first-order valence-corrected chi connectivity index (χ1v) is 9.98. The van der Waals surface area contributed by atoms with Crippen molar-refractivity contribution in [1.82, 2.24) is 20.6 Å². The molecule has 0 aliphatic rings. The SMILES string of the molecule is COc1ccc(C(=O)NNC(=O)COC(=O)c2nn(-c3ccccc3)c(C)cc2=O)cc1OC. The molecule has 176 valence electrons. The summed E-state index contributed by atoms with van der Waals surface area (Å²) < 4.78 is 16.5. The minimum absolute atomic E-state index is 0.195. The number of ether oxygens (including phenoxy) is 3. The lowest BCUT2D eigenvalue weighted by atomic mass is 10.2. The third-order valence-corrected chi connectivity index (χ3v) is 4.60. The monoisotopic (exact) mass is 466 g/mol. The molecule has 0 saturated heterocycles. The highest BCUT2D eigenvalue weighted by atomic mass is 16.5. The van der Waals surface area contributed by atoms with Gasteiger partial charge in [0, 0.05) is 17.3 Å². The van der Waals surface area contributed by atoms with Crippen LogP contribution in [0.2, 0.25) is 0 Å². The summed E-state index contributed by atoms with van der Waals surface area (Å²) in [4.78, 5) is 48.8. The molecular weight excluding hydrogens is 444 g/mol. The number of benzene rings is 2. The van der Waals surface area contributed by atoms with Crippen LogP contribution in [0.5, 0.6) is 11.5 Å².